The third kappa shape index (κ3) is 13.8. The van der Waals surface area contributed by atoms with E-state index in [2.05, 4.69) is 11.8 Å². The van der Waals surface area contributed by atoms with Crippen LogP contribution in [0.25, 0.3) is 0 Å². The van der Waals surface area contributed by atoms with E-state index in [4.69, 9.17) is 18.9 Å². The Kier molecular flexibility index (Phi) is 12.4. The Morgan fingerprint density at radius 2 is 1.04 bits per heavy atom. The molecule has 0 radical (unpaired) electrons. The van der Waals surface area contributed by atoms with Crippen LogP contribution in [-0.4, -0.2) is 86.4 Å². The lowest BCUT2D eigenvalue weighted by molar-refractivity contribution is 0.117. The molecule has 0 spiro atoms. The Hall–Kier alpha value is 0.890. The summed E-state index contributed by atoms with van der Waals surface area (Å²) in [5.74, 6) is 7.49. The van der Waals surface area contributed by atoms with Crippen LogP contribution < -0.4 is 0 Å². The van der Waals surface area contributed by atoms with Crippen LogP contribution in [0.5, 0.6) is 0 Å². The first-order valence-electron chi connectivity index (χ1n) is 8.57. The maximum absolute atomic E-state index is 5.52. The van der Waals surface area contributed by atoms with Crippen molar-refractivity contribution in [1.29, 1.82) is 0 Å². The van der Waals surface area contributed by atoms with E-state index in [0.717, 1.165) is 52.5 Å². The summed E-state index contributed by atoms with van der Waals surface area (Å²) in [6.07, 6.45) is 3.13. The van der Waals surface area contributed by atoms with E-state index in [0.29, 0.717) is 12.2 Å². The number of epoxide rings is 2. The van der Waals surface area contributed by atoms with Crippen LogP contribution in [0.4, 0.5) is 0 Å². The molecule has 136 valence electrons. The van der Waals surface area contributed by atoms with Gasteiger partial charge in [-0.1, -0.05) is 0 Å². The summed E-state index contributed by atoms with van der Waals surface area (Å²) in [6.45, 7) is 5.14. The first-order valence-corrected chi connectivity index (χ1v) is 12.0. The first-order chi connectivity index (χ1) is 11.4. The maximum atomic E-state index is 5.52. The van der Waals surface area contributed by atoms with Gasteiger partial charge in [0.25, 0.3) is 0 Å². The number of ether oxygens (including phenoxy) is 4. The summed E-state index contributed by atoms with van der Waals surface area (Å²) in [6, 6.07) is 0. The van der Waals surface area contributed by atoms with Crippen LogP contribution in [0, 0.1) is 0 Å². The standard InChI is InChI=1S/C16H30O4S3/c1(3-17-11-15-13-19-15)5-21-7-9-23-10-8-22-6-2-4-18-12-16-14-20-16/h15-16H,1-14H2. The molecular weight excluding hydrogens is 352 g/mol. The van der Waals surface area contributed by atoms with Crippen molar-refractivity contribution >= 4 is 35.3 Å². The molecule has 2 saturated heterocycles. The molecule has 2 heterocycles. The zero-order valence-electron chi connectivity index (χ0n) is 13.9. The van der Waals surface area contributed by atoms with Crippen LogP contribution in [-0.2, 0) is 18.9 Å². The van der Waals surface area contributed by atoms with Crippen molar-refractivity contribution in [2.24, 2.45) is 0 Å². The number of hydrogen-bond acceptors (Lipinski definition) is 7. The highest BCUT2D eigenvalue weighted by Crippen LogP contribution is 2.13. The minimum Gasteiger partial charge on any atom is -0.379 e. The molecule has 4 nitrogen and oxygen atoms in total. The molecule has 0 bridgehead atoms. The van der Waals surface area contributed by atoms with E-state index in [-0.39, 0.29) is 0 Å². The van der Waals surface area contributed by atoms with Crippen LogP contribution in [0.15, 0.2) is 0 Å². The third-order valence-corrected chi connectivity index (χ3v) is 6.95. The molecule has 2 unspecified atom stereocenters. The zero-order valence-corrected chi connectivity index (χ0v) is 16.4. The van der Waals surface area contributed by atoms with Gasteiger partial charge in [0.05, 0.1) is 26.4 Å². The SMILES string of the molecule is C(COCC1CO1)CSCCSCCSCCCOCC1CO1. The molecule has 2 atom stereocenters. The van der Waals surface area contributed by atoms with E-state index in [1.807, 2.05) is 23.5 Å². The topological polar surface area (TPSA) is 43.5 Å². The van der Waals surface area contributed by atoms with Gasteiger partial charge < -0.3 is 18.9 Å². The fraction of sp³-hybridized carbons (Fsp3) is 1.00. The van der Waals surface area contributed by atoms with Crippen molar-refractivity contribution in [2.45, 2.75) is 25.0 Å². The van der Waals surface area contributed by atoms with Crippen molar-refractivity contribution in [1.82, 2.24) is 0 Å². The highest BCUT2D eigenvalue weighted by atomic mass is 32.2. The summed E-state index contributed by atoms with van der Waals surface area (Å²) >= 11 is 6.17. The molecule has 0 amide bonds. The lowest BCUT2D eigenvalue weighted by Gasteiger charge is -2.04. The van der Waals surface area contributed by atoms with E-state index in [1.165, 1.54) is 34.5 Å². The van der Waals surface area contributed by atoms with Crippen molar-refractivity contribution in [3.63, 3.8) is 0 Å². The average molecular weight is 383 g/mol. The van der Waals surface area contributed by atoms with Gasteiger partial charge in [0, 0.05) is 36.2 Å². The summed E-state index contributed by atoms with van der Waals surface area (Å²) < 4.78 is 21.2. The van der Waals surface area contributed by atoms with Crippen LogP contribution in [0.1, 0.15) is 12.8 Å². The maximum Gasteiger partial charge on any atom is 0.104 e. The van der Waals surface area contributed by atoms with E-state index in [9.17, 15) is 0 Å². The van der Waals surface area contributed by atoms with Gasteiger partial charge in [0.2, 0.25) is 0 Å². The summed E-state index contributed by atoms with van der Waals surface area (Å²) in [5, 5.41) is 0. The predicted octanol–water partition coefficient (Wildman–Crippen LogP) is 2.80. The van der Waals surface area contributed by atoms with E-state index < -0.39 is 0 Å². The Balaban J connectivity index is 1.15. The molecule has 0 N–H and O–H groups in total. The zero-order chi connectivity index (χ0) is 16.0. The van der Waals surface area contributed by atoms with Gasteiger partial charge in [0.15, 0.2) is 0 Å². The Morgan fingerprint density at radius 1 is 0.652 bits per heavy atom. The molecule has 2 fully saturated rings. The molecule has 0 aromatic heterocycles. The molecule has 0 aromatic rings. The van der Waals surface area contributed by atoms with Crippen molar-refractivity contribution in [3.8, 4) is 0 Å². The van der Waals surface area contributed by atoms with Crippen molar-refractivity contribution in [3.05, 3.63) is 0 Å². The highest BCUT2D eigenvalue weighted by Gasteiger charge is 2.22. The lowest BCUT2D eigenvalue weighted by atomic mass is 10.5. The second kappa shape index (κ2) is 14.1. The van der Waals surface area contributed by atoms with Gasteiger partial charge in [-0.05, 0) is 24.3 Å². The number of hydrogen-bond donors (Lipinski definition) is 0. The molecule has 23 heavy (non-hydrogen) atoms. The molecule has 2 aliphatic rings. The van der Waals surface area contributed by atoms with Crippen LogP contribution in [0.3, 0.4) is 0 Å². The van der Waals surface area contributed by atoms with Gasteiger partial charge in [-0.2, -0.15) is 35.3 Å². The fourth-order valence-electron chi connectivity index (χ4n) is 1.83. The molecule has 7 heteroatoms. The minimum atomic E-state index is 0.404. The van der Waals surface area contributed by atoms with Gasteiger partial charge >= 0.3 is 0 Å². The van der Waals surface area contributed by atoms with Crippen molar-refractivity contribution in [2.75, 3.05) is 74.2 Å². The number of rotatable bonds is 18. The van der Waals surface area contributed by atoms with Crippen molar-refractivity contribution < 1.29 is 18.9 Å². The second-order valence-electron chi connectivity index (χ2n) is 5.60. The van der Waals surface area contributed by atoms with Gasteiger partial charge in [-0.25, -0.2) is 0 Å². The van der Waals surface area contributed by atoms with Gasteiger partial charge in [-0.15, -0.1) is 0 Å². The fourth-order valence-corrected chi connectivity index (χ4v) is 4.97. The lowest BCUT2D eigenvalue weighted by Crippen LogP contribution is -2.03. The van der Waals surface area contributed by atoms with Crippen LogP contribution >= 0.6 is 35.3 Å². The van der Waals surface area contributed by atoms with E-state index in [1.54, 1.807) is 0 Å². The third-order valence-electron chi connectivity index (χ3n) is 3.31. The molecular formula is C16H30O4S3. The largest absolute Gasteiger partial charge is 0.379 e. The summed E-state index contributed by atoms with van der Waals surface area (Å²) in [7, 11) is 0. The summed E-state index contributed by atoms with van der Waals surface area (Å²) in [5.41, 5.74) is 0. The monoisotopic (exact) mass is 382 g/mol. The molecule has 2 aliphatic heterocycles. The Labute approximate surface area is 153 Å². The van der Waals surface area contributed by atoms with E-state index >= 15 is 0 Å². The van der Waals surface area contributed by atoms with Crippen LogP contribution in [0.2, 0.25) is 0 Å². The second-order valence-corrected chi connectivity index (χ2v) is 9.28. The molecule has 0 saturated carbocycles. The smallest absolute Gasteiger partial charge is 0.104 e. The molecule has 0 aliphatic carbocycles. The first kappa shape index (κ1) is 20.2. The van der Waals surface area contributed by atoms with Gasteiger partial charge in [0.1, 0.15) is 12.2 Å². The average Bonchev–Trinajstić information content (AvgIpc) is 3.45. The normalized spacial score (nSPS) is 22.4. The minimum absolute atomic E-state index is 0.404. The highest BCUT2D eigenvalue weighted by molar-refractivity contribution is 8.04. The summed E-state index contributed by atoms with van der Waals surface area (Å²) in [4.78, 5) is 0. The Bertz CT molecular complexity index is 250. The Morgan fingerprint density at radius 3 is 1.43 bits per heavy atom. The molecule has 0 aromatic carbocycles. The molecule has 2 rings (SSSR count). The number of thioether (sulfide) groups is 3. The van der Waals surface area contributed by atoms with Gasteiger partial charge in [-0.3, -0.25) is 0 Å². The predicted molar refractivity (Wildman–Crippen MR) is 102 cm³/mol. The quantitative estimate of drug-likeness (QED) is 0.267.